The molecule has 0 amide bonds. The van der Waals surface area contributed by atoms with Gasteiger partial charge in [-0.15, -0.1) is 11.7 Å². The van der Waals surface area contributed by atoms with Crippen LogP contribution in [0.5, 0.6) is 0 Å². The van der Waals surface area contributed by atoms with E-state index in [9.17, 15) is 0 Å². The summed E-state index contributed by atoms with van der Waals surface area (Å²) in [7, 11) is 1.52. The number of fused-ring (bicyclic) bond motifs is 2. The van der Waals surface area contributed by atoms with Gasteiger partial charge in [-0.3, -0.25) is 9.67 Å². The fourth-order valence-corrected chi connectivity index (χ4v) is 4.52. The number of aromatic nitrogens is 5. The van der Waals surface area contributed by atoms with Crippen molar-refractivity contribution in [3.63, 3.8) is 0 Å². The first-order valence-electron chi connectivity index (χ1n) is 8.37. The highest BCUT2D eigenvalue weighted by atomic mass is 33.1. The molecule has 4 heterocycles. The molecule has 0 radical (unpaired) electrons. The van der Waals surface area contributed by atoms with Crippen LogP contribution in [0.2, 0.25) is 0 Å². The molecule has 5 nitrogen and oxygen atoms in total. The molecule has 4 rings (SSSR count). The molecule has 8 heteroatoms. The maximum atomic E-state index is 4.83. The van der Waals surface area contributed by atoms with Gasteiger partial charge in [-0.1, -0.05) is 24.6 Å². The van der Waals surface area contributed by atoms with Crippen LogP contribution in [0.25, 0.3) is 21.3 Å². The van der Waals surface area contributed by atoms with Crippen LogP contribution in [-0.4, -0.2) is 29.9 Å². The fraction of sp³-hybridized carbons (Fsp3) is 0.333. The van der Waals surface area contributed by atoms with Crippen molar-refractivity contribution in [1.82, 2.24) is 24.1 Å². The lowest BCUT2D eigenvalue weighted by molar-refractivity contribution is 0.508. The summed E-state index contributed by atoms with van der Waals surface area (Å²) in [5.74, 6) is 0.918. The lowest BCUT2D eigenvalue weighted by atomic mass is 9.83. The van der Waals surface area contributed by atoms with Crippen molar-refractivity contribution < 1.29 is 0 Å². The molecule has 4 aromatic heterocycles. The van der Waals surface area contributed by atoms with Crippen LogP contribution in [0.1, 0.15) is 25.2 Å². The zero-order valence-corrected chi connectivity index (χ0v) is 17.1. The van der Waals surface area contributed by atoms with E-state index in [4.69, 9.17) is 4.98 Å². The highest BCUT2D eigenvalue weighted by molar-refractivity contribution is 8.68. The standard InChI is InChI=1S/C18H19N5S3/c1-18(2,17-16-15(26-22-17)4-3-7-19-16)10-12-5-6-13-14(20-12)11-23(21-13)8-9-25-24/h3-7,11,24H,8-10H2,1-2H3. The molecule has 0 spiro atoms. The van der Waals surface area contributed by atoms with Crippen molar-refractivity contribution in [1.29, 1.82) is 0 Å². The van der Waals surface area contributed by atoms with Gasteiger partial charge in [0, 0.05) is 29.5 Å². The van der Waals surface area contributed by atoms with E-state index in [-0.39, 0.29) is 5.41 Å². The molecule has 0 aliphatic rings. The molecule has 0 fully saturated rings. The molecule has 0 aromatic carbocycles. The smallest absolute Gasteiger partial charge is 0.111 e. The summed E-state index contributed by atoms with van der Waals surface area (Å²) in [5.41, 5.74) is 4.80. The minimum atomic E-state index is -0.147. The van der Waals surface area contributed by atoms with Crippen LogP contribution in [0, 0.1) is 0 Å². The number of aryl methyl sites for hydroxylation is 1. The van der Waals surface area contributed by atoms with Crippen LogP contribution in [0.4, 0.5) is 0 Å². The summed E-state index contributed by atoms with van der Waals surface area (Å²) in [4.78, 5) is 9.36. The van der Waals surface area contributed by atoms with Crippen LogP contribution in [-0.2, 0) is 18.4 Å². The molecule has 0 atom stereocenters. The molecule has 0 saturated carbocycles. The van der Waals surface area contributed by atoms with Crippen LogP contribution in [0.15, 0.2) is 36.7 Å². The maximum absolute atomic E-state index is 4.83. The average Bonchev–Trinajstić information content (AvgIpc) is 3.23. The third kappa shape index (κ3) is 3.45. The Morgan fingerprint density at radius 1 is 1.23 bits per heavy atom. The van der Waals surface area contributed by atoms with E-state index in [0.717, 1.165) is 51.4 Å². The normalized spacial score (nSPS) is 12.3. The summed E-state index contributed by atoms with van der Waals surface area (Å²) < 4.78 is 7.75. The molecule has 134 valence electrons. The minimum Gasteiger partial charge on any atom is -0.269 e. The van der Waals surface area contributed by atoms with Crippen molar-refractivity contribution in [3.8, 4) is 0 Å². The largest absolute Gasteiger partial charge is 0.269 e. The highest BCUT2D eigenvalue weighted by Crippen LogP contribution is 2.33. The number of hydrogen-bond acceptors (Lipinski definition) is 7. The number of thiol groups is 1. The molecule has 0 unspecified atom stereocenters. The van der Waals surface area contributed by atoms with Gasteiger partial charge in [-0.2, -0.15) is 9.47 Å². The zero-order valence-electron chi connectivity index (χ0n) is 14.6. The summed E-state index contributed by atoms with van der Waals surface area (Å²) in [6, 6.07) is 8.14. The average molecular weight is 402 g/mol. The van der Waals surface area contributed by atoms with Crippen LogP contribution >= 0.6 is 34.0 Å². The minimum absolute atomic E-state index is 0.147. The highest BCUT2D eigenvalue weighted by Gasteiger charge is 2.28. The molecule has 4 aromatic rings. The number of nitrogens with zero attached hydrogens (tertiary/aromatic N) is 5. The summed E-state index contributed by atoms with van der Waals surface area (Å²) >= 11 is 5.69. The van der Waals surface area contributed by atoms with Crippen molar-refractivity contribution in [3.05, 3.63) is 48.0 Å². The SMILES string of the molecule is CC(C)(Cc1ccc2nn(CCSS)cc2n1)c1nsc2cccnc12. The Morgan fingerprint density at radius 2 is 2.12 bits per heavy atom. The molecule has 26 heavy (non-hydrogen) atoms. The third-order valence-electron chi connectivity index (χ3n) is 4.37. The Morgan fingerprint density at radius 3 is 2.96 bits per heavy atom. The Balaban J connectivity index is 1.62. The Bertz CT molecular complexity index is 1050. The van der Waals surface area contributed by atoms with Crippen molar-refractivity contribution in [2.75, 3.05) is 5.75 Å². The quantitative estimate of drug-likeness (QED) is 0.380. The summed E-state index contributed by atoms with van der Waals surface area (Å²) in [6.07, 6.45) is 4.64. The van der Waals surface area contributed by atoms with Gasteiger partial charge in [0.1, 0.15) is 16.6 Å². The van der Waals surface area contributed by atoms with E-state index in [1.165, 1.54) is 22.3 Å². The predicted molar refractivity (Wildman–Crippen MR) is 113 cm³/mol. The van der Waals surface area contributed by atoms with Crippen molar-refractivity contribution >= 4 is 55.2 Å². The fourth-order valence-electron chi connectivity index (χ4n) is 3.11. The molecular weight excluding hydrogens is 382 g/mol. The van der Waals surface area contributed by atoms with E-state index in [1.54, 1.807) is 0 Å². The zero-order chi connectivity index (χ0) is 18.1. The molecule has 0 N–H and O–H groups in total. The van der Waals surface area contributed by atoms with Crippen LogP contribution in [0.3, 0.4) is 0 Å². The van der Waals surface area contributed by atoms with Gasteiger partial charge in [-0.05, 0) is 35.8 Å². The van der Waals surface area contributed by atoms with E-state index < -0.39 is 0 Å². The Hall–Kier alpha value is -1.64. The Labute approximate surface area is 165 Å². The monoisotopic (exact) mass is 401 g/mol. The second kappa shape index (κ2) is 7.17. The van der Waals surface area contributed by atoms with Gasteiger partial charge in [0.25, 0.3) is 0 Å². The van der Waals surface area contributed by atoms with Crippen molar-refractivity contribution in [2.24, 2.45) is 0 Å². The first kappa shape index (κ1) is 17.8. The molecular formula is C18H19N5S3. The van der Waals surface area contributed by atoms with Gasteiger partial charge < -0.3 is 0 Å². The summed E-state index contributed by atoms with van der Waals surface area (Å²) in [6.45, 7) is 5.24. The number of rotatable bonds is 6. The molecule has 0 saturated heterocycles. The van der Waals surface area contributed by atoms with E-state index >= 15 is 0 Å². The Kier molecular flexibility index (Phi) is 4.90. The van der Waals surface area contributed by atoms with Gasteiger partial charge in [0.05, 0.1) is 23.1 Å². The van der Waals surface area contributed by atoms with Crippen LogP contribution < -0.4 is 0 Å². The predicted octanol–water partition coefficient (Wildman–Crippen LogP) is 4.53. The lowest BCUT2D eigenvalue weighted by Gasteiger charge is -2.22. The second-order valence-electron chi connectivity index (χ2n) is 6.87. The molecule has 0 aliphatic carbocycles. The maximum Gasteiger partial charge on any atom is 0.111 e. The lowest BCUT2D eigenvalue weighted by Crippen LogP contribution is -2.22. The number of hydrogen-bond donors (Lipinski definition) is 1. The first-order chi connectivity index (χ1) is 12.6. The van der Waals surface area contributed by atoms with E-state index in [1.807, 2.05) is 23.1 Å². The van der Waals surface area contributed by atoms with Gasteiger partial charge in [0.15, 0.2) is 0 Å². The molecule has 0 aliphatic heterocycles. The number of pyridine rings is 2. The third-order valence-corrected chi connectivity index (χ3v) is 6.09. The molecule has 0 bridgehead atoms. The van der Waals surface area contributed by atoms with E-state index in [0.29, 0.717) is 0 Å². The van der Waals surface area contributed by atoms with Gasteiger partial charge in [0.2, 0.25) is 0 Å². The van der Waals surface area contributed by atoms with Crippen molar-refractivity contribution in [2.45, 2.75) is 32.2 Å². The second-order valence-corrected chi connectivity index (χ2v) is 9.12. The van der Waals surface area contributed by atoms with Gasteiger partial charge >= 0.3 is 0 Å². The first-order valence-corrected chi connectivity index (χ1v) is 11.2. The summed E-state index contributed by atoms with van der Waals surface area (Å²) in [5, 5.41) is 4.56. The van der Waals surface area contributed by atoms with Gasteiger partial charge in [-0.25, -0.2) is 4.98 Å². The topological polar surface area (TPSA) is 56.5 Å². The van der Waals surface area contributed by atoms with E-state index in [2.05, 4.69) is 58.2 Å².